The molecule has 0 aliphatic rings. The Labute approximate surface area is 149 Å². The van der Waals surface area contributed by atoms with Crippen molar-refractivity contribution in [1.82, 2.24) is 0 Å². The number of hydrogen-bond acceptors (Lipinski definition) is 0. The molecule has 0 spiro atoms. The average Bonchev–Trinajstić information content (AvgIpc) is 2.68. The van der Waals surface area contributed by atoms with Gasteiger partial charge in [-0.3, -0.25) is 0 Å². The zero-order valence-corrected chi connectivity index (χ0v) is 14.7. The van der Waals surface area contributed by atoms with Gasteiger partial charge in [-0.1, -0.05) is 98.8 Å². The molecule has 25 heavy (non-hydrogen) atoms. The third-order valence-corrected chi connectivity index (χ3v) is 4.85. The molecule has 0 aromatic heterocycles. The van der Waals surface area contributed by atoms with E-state index in [-0.39, 0.29) is 0 Å². The molecule has 4 aromatic carbocycles. The van der Waals surface area contributed by atoms with Gasteiger partial charge in [-0.15, -0.1) is 0 Å². The summed E-state index contributed by atoms with van der Waals surface area (Å²) in [5, 5.41) is 2.63. The topological polar surface area (TPSA) is 0 Å². The number of hydrogen-bond donors (Lipinski definition) is 0. The quantitative estimate of drug-likeness (QED) is 0.371. The molecule has 4 rings (SSSR count). The second-order valence-corrected chi connectivity index (χ2v) is 6.89. The minimum Gasteiger partial charge on any atom is -0.0622 e. The number of rotatable bonds is 3. The van der Waals surface area contributed by atoms with Crippen LogP contribution in [0, 0.1) is 0 Å². The predicted octanol–water partition coefficient (Wildman–Crippen LogP) is 7.30. The molecule has 0 N–H and O–H groups in total. The minimum absolute atomic E-state index is 0.535. The molecule has 0 heterocycles. The van der Waals surface area contributed by atoms with E-state index >= 15 is 0 Å². The Hall–Kier alpha value is -2.86. The fourth-order valence-electron chi connectivity index (χ4n) is 3.40. The summed E-state index contributed by atoms with van der Waals surface area (Å²) < 4.78 is 0. The second-order valence-electron chi connectivity index (χ2n) is 6.89. The molecule has 0 unspecified atom stereocenters. The van der Waals surface area contributed by atoms with E-state index in [1.54, 1.807) is 0 Å². The van der Waals surface area contributed by atoms with Crippen LogP contribution in [0.2, 0.25) is 0 Å². The van der Waals surface area contributed by atoms with E-state index in [9.17, 15) is 0 Å². The van der Waals surface area contributed by atoms with Gasteiger partial charge < -0.3 is 0 Å². The third kappa shape index (κ3) is 3.08. The van der Waals surface area contributed by atoms with Crippen LogP contribution < -0.4 is 0 Å². The van der Waals surface area contributed by atoms with Crippen molar-refractivity contribution in [3.63, 3.8) is 0 Å². The molecule has 0 aliphatic carbocycles. The normalized spacial score (nSPS) is 11.2. The van der Waals surface area contributed by atoms with Gasteiger partial charge in [0.05, 0.1) is 0 Å². The Kier molecular flexibility index (Phi) is 4.11. The minimum atomic E-state index is 0.535. The van der Waals surface area contributed by atoms with Gasteiger partial charge in [0, 0.05) is 0 Å². The van der Waals surface area contributed by atoms with E-state index in [1.807, 2.05) is 0 Å². The standard InChI is InChI=1S/C25H22/c1-18(2)21-15-14-20-10-7-13-24(25(20)17-21)23-12-6-11-22(16-23)19-8-4-3-5-9-19/h3-18H,1-2H3. The van der Waals surface area contributed by atoms with Crippen molar-refractivity contribution in [2.45, 2.75) is 19.8 Å². The molecule has 122 valence electrons. The predicted molar refractivity (Wildman–Crippen MR) is 109 cm³/mol. The first-order valence-corrected chi connectivity index (χ1v) is 8.91. The summed E-state index contributed by atoms with van der Waals surface area (Å²) in [6.07, 6.45) is 0. The maximum Gasteiger partial charge on any atom is -0.0103 e. The molecule has 0 bridgehead atoms. The first kappa shape index (κ1) is 15.7. The summed E-state index contributed by atoms with van der Waals surface area (Å²) >= 11 is 0. The van der Waals surface area contributed by atoms with Crippen molar-refractivity contribution >= 4 is 10.8 Å². The lowest BCUT2D eigenvalue weighted by Gasteiger charge is -2.12. The van der Waals surface area contributed by atoms with Gasteiger partial charge in [-0.25, -0.2) is 0 Å². The van der Waals surface area contributed by atoms with Crippen molar-refractivity contribution in [2.24, 2.45) is 0 Å². The third-order valence-electron chi connectivity index (χ3n) is 4.85. The molecule has 0 aliphatic heterocycles. The first-order chi connectivity index (χ1) is 12.2. The van der Waals surface area contributed by atoms with Crippen molar-refractivity contribution < 1.29 is 0 Å². The molecular formula is C25H22. The van der Waals surface area contributed by atoms with E-state index in [0.717, 1.165) is 0 Å². The largest absolute Gasteiger partial charge is 0.0622 e. The van der Waals surface area contributed by atoms with Gasteiger partial charge in [0.1, 0.15) is 0 Å². The molecule has 0 saturated heterocycles. The maximum atomic E-state index is 2.35. The fourth-order valence-corrected chi connectivity index (χ4v) is 3.40. The summed E-state index contributed by atoms with van der Waals surface area (Å²) in [6, 6.07) is 32.9. The van der Waals surface area contributed by atoms with E-state index in [0.29, 0.717) is 5.92 Å². The number of benzene rings is 4. The summed E-state index contributed by atoms with van der Waals surface area (Å²) in [6.45, 7) is 4.50. The van der Waals surface area contributed by atoms with Gasteiger partial charge in [-0.05, 0) is 50.6 Å². The van der Waals surface area contributed by atoms with Crippen molar-refractivity contribution in [1.29, 1.82) is 0 Å². The molecule has 0 radical (unpaired) electrons. The molecule has 0 fully saturated rings. The monoisotopic (exact) mass is 322 g/mol. The van der Waals surface area contributed by atoms with Crippen molar-refractivity contribution in [2.75, 3.05) is 0 Å². The molecule has 0 heteroatoms. The zero-order valence-electron chi connectivity index (χ0n) is 14.7. The smallest absolute Gasteiger partial charge is 0.0103 e. The van der Waals surface area contributed by atoms with Crippen LogP contribution >= 0.6 is 0 Å². The molecular weight excluding hydrogens is 300 g/mol. The van der Waals surface area contributed by atoms with Crippen LogP contribution in [-0.2, 0) is 0 Å². The van der Waals surface area contributed by atoms with Crippen molar-refractivity contribution in [3.8, 4) is 22.3 Å². The van der Waals surface area contributed by atoms with Crippen molar-refractivity contribution in [3.05, 3.63) is 96.6 Å². The Bertz CT molecular complexity index is 1010. The average molecular weight is 322 g/mol. The molecule has 0 amide bonds. The fraction of sp³-hybridized carbons (Fsp3) is 0.120. The molecule has 0 atom stereocenters. The zero-order chi connectivity index (χ0) is 17.2. The van der Waals surface area contributed by atoms with Gasteiger partial charge in [0.2, 0.25) is 0 Å². The van der Waals surface area contributed by atoms with Crippen LogP contribution in [0.3, 0.4) is 0 Å². The number of fused-ring (bicyclic) bond motifs is 1. The highest BCUT2D eigenvalue weighted by Gasteiger charge is 2.08. The van der Waals surface area contributed by atoms with Crippen LogP contribution in [-0.4, -0.2) is 0 Å². The lowest BCUT2D eigenvalue weighted by Crippen LogP contribution is -1.89. The summed E-state index contributed by atoms with van der Waals surface area (Å²) in [5.41, 5.74) is 6.48. The summed E-state index contributed by atoms with van der Waals surface area (Å²) in [5.74, 6) is 0.535. The van der Waals surface area contributed by atoms with Crippen LogP contribution in [0.1, 0.15) is 25.3 Å². The highest BCUT2D eigenvalue weighted by atomic mass is 14.1. The van der Waals surface area contributed by atoms with E-state index < -0.39 is 0 Å². The lowest BCUT2D eigenvalue weighted by atomic mass is 9.92. The van der Waals surface area contributed by atoms with Crippen LogP contribution in [0.5, 0.6) is 0 Å². The molecule has 4 aromatic rings. The molecule has 0 nitrogen and oxygen atoms in total. The van der Waals surface area contributed by atoms with E-state index in [1.165, 1.54) is 38.6 Å². The highest BCUT2D eigenvalue weighted by Crippen LogP contribution is 2.33. The van der Waals surface area contributed by atoms with Gasteiger partial charge in [0.15, 0.2) is 0 Å². The van der Waals surface area contributed by atoms with E-state index in [2.05, 4.69) is 105 Å². The first-order valence-electron chi connectivity index (χ1n) is 8.91. The van der Waals surface area contributed by atoms with Crippen LogP contribution in [0.25, 0.3) is 33.0 Å². The Balaban J connectivity index is 1.89. The summed E-state index contributed by atoms with van der Waals surface area (Å²) in [4.78, 5) is 0. The van der Waals surface area contributed by atoms with Gasteiger partial charge in [-0.2, -0.15) is 0 Å². The van der Waals surface area contributed by atoms with Gasteiger partial charge in [0.25, 0.3) is 0 Å². The van der Waals surface area contributed by atoms with E-state index in [4.69, 9.17) is 0 Å². The second kappa shape index (κ2) is 6.57. The van der Waals surface area contributed by atoms with Gasteiger partial charge >= 0.3 is 0 Å². The van der Waals surface area contributed by atoms with Crippen LogP contribution in [0.15, 0.2) is 91.0 Å². The Morgan fingerprint density at radius 1 is 0.560 bits per heavy atom. The Morgan fingerprint density at radius 3 is 2.08 bits per heavy atom. The lowest BCUT2D eigenvalue weighted by molar-refractivity contribution is 0.869. The summed E-state index contributed by atoms with van der Waals surface area (Å²) in [7, 11) is 0. The molecule has 0 saturated carbocycles. The van der Waals surface area contributed by atoms with Crippen LogP contribution in [0.4, 0.5) is 0 Å². The highest BCUT2D eigenvalue weighted by molar-refractivity contribution is 5.97. The maximum absolute atomic E-state index is 2.35. The SMILES string of the molecule is CC(C)c1ccc2cccc(-c3cccc(-c4ccccc4)c3)c2c1. The Morgan fingerprint density at radius 2 is 1.28 bits per heavy atom.